The molecular weight excluding hydrogens is 314 g/mol. The number of nitrogens with zero attached hydrogens (tertiary/aromatic N) is 1. The third-order valence-corrected chi connectivity index (χ3v) is 3.46. The molecule has 0 aromatic carbocycles. The summed E-state index contributed by atoms with van der Waals surface area (Å²) in [6, 6.07) is 1.81. The van der Waals surface area contributed by atoms with Gasteiger partial charge >= 0.3 is 5.97 Å². The number of hydrogen-bond donors (Lipinski definition) is 3. The average Bonchev–Trinajstić information content (AvgIpc) is 2.81. The summed E-state index contributed by atoms with van der Waals surface area (Å²) in [5, 5.41) is 16.2. The second-order valence-electron chi connectivity index (χ2n) is 4.58. The molecule has 0 saturated carbocycles. The molecule has 19 heavy (non-hydrogen) atoms. The van der Waals surface area contributed by atoms with Gasteiger partial charge in [-0.15, -0.1) is 0 Å². The molecule has 0 aliphatic carbocycles. The fraction of sp³-hybridized carbons (Fsp3) is 0.500. The highest BCUT2D eigenvalue weighted by molar-refractivity contribution is 9.10. The summed E-state index contributed by atoms with van der Waals surface area (Å²) >= 11 is 3.28. The lowest BCUT2D eigenvalue weighted by Crippen LogP contribution is -2.42. The van der Waals surface area contributed by atoms with Crippen LogP contribution < -0.4 is 10.7 Å². The molecule has 0 radical (unpaired) electrons. The summed E-state index contributed by atoms with van der Waals surface area (Å²) in [5.74, 6) is -0.105. The van der Waals surface area contributed by atoms with E-state index in [0.29, 0.717) is 25.3 Å². The van der Waals surface area contributed by atoms with Crippen molar-refractivity contribution >= 4 is 28.1 Å². The Morgan fingerprint density at radius 1 is 1.68 bits per heavy atom. The third kappa shape index (κ3) is 4.36. The molecule has 7 heteroatoms. The van der Waals surface area contributed by atoms with Gasteiger partial charge in [0, 0.05) is 13.1 Å². The van der Waals surface area contributed by atoms with Crippen molar-refractivity contribution in [2.45, 2.75) is 6.42 Å². The van der Waals surface area contributed by atoms with E-state index in [1.807, 2.05) is 6.07 Å². The molecule has 1 fully saturated rings. The molecule has 3 N–H and O–H groups in total. The van der Waals surface area contributed by atoms with Gasteiger partial charge in [0.1, 0.15) is 12.0 Å². The van der Waals surface area contributed by atoms with Crippen LogP contribution in [0.15, 0.2) is 26.3 Å². The van der Waals surface area contributed by atoms with Crippen LogP contribution in [0.25, 0.3) is 0 Å². The van der Waals surface area contributed by atoms with Crippen LogP contribution in [0, 0.1) is 11.8 Å². The van der Waals surface area contributed by atoms with E-state index in [1.165, 1.54) is 0 Å². The monoisotopic (exact) mass is 329 g/mol. The van der Waals surface area contributed by atoms with E-state index in [-0.39, 0.29) is 11.8 Å². The maximum Gasteiger partial charge on any atom is 0.307 e. The first-order chi connectivity index (χ1) is 9.15. The zero-order chi connectivity index (χ0) is 13.7. The van der Waals surface area contributed by atoms with Crippen LogP contribution in [0.4, 0.5) is 0 Å². The number of carboxylic acid groups (broad SMARTS) is 1. The number of nitrogens with one attached hydrogen (secondary N) is 2. The van der Waals surface area contributed by atoms with E-state index < -0.39 is 5.97 Å². The average molecular weight is 330 g/mol. The van der Waals surface area contributed by atoms with Crippen LogP contribution >= 0.6 is 15.9 Å². The number of piperidine rings is 1. The Bertz CT molecular complexity index is 461. The molecule has 104 valence electrons. The topological polar surface area (TPSA) is 86.9 Å². The lowest BCUT2D eigenvalue weighted by molar-refractivity contribution is -0.142. The van der Waals surface area contributed by atoms with Gasteiger partial charge in [0.2, 0.25) is 0 Å². The van der Waals surface area contributed by atoms with Crippen molar-refractivity contribution in [1.82, 2.24) is 10.7 Å². The Morgan fingerprint density at radius 2 is 2.53 bits per heavy atom. The molecule has 0 amide bonds. The quantitative estimate of drug-likeness (QED) is 0.559. The minimum Gasteiger partial charge on any atom is -0.481 e. The van der Waals surface area contributed by atoms with Gasteiger partial charge in [-0.1, -0.05) is 0 Å². The fourth-order valence-electron chi connectivity index (χ4n) is 2.06. The SMILES string of the molecule is O=C(O)[C@H]1CNC[C@@H](CN/N=C/c2cc(Br)co2)C1. The van der Waals surface area contributed by atoms with Crippen molar-refractivity contribution in [3.63, 3.8) is 0 Å². The van der Waals surface area contributed by atoms with Gasteiger partial charge in [-0.25, -0.2) is 0 Å². The molecule has 0 unspecified atom stereocenters. The van der Waals surface area contributed by atoms with Crippen LogP contribution in [0.2, 0.25) is 0 Å². The number of aliphatic carboxylic acids is 1. The maximum absolute atomic E-state index is 10.9. The largest absolute Gasteiger partial charge is 0.481 e. The van der Waals surface area contributed by atoms with Gasteiger partial charge in [-0.2, -0.15) is 5.10 Å². The molecule has 1 aliphatic heterocycles. The number of rotatable bonds is 5. The molecule has 6 nitrogen and oxygen atoms in total. The summed E-state index contributed by atoms with van der Waals surface area (Å²) < 4.78 is 6.05. The van der Waals surface area contributed by atoms with E-state index in [1.54, 1.807) is 12.5 Å². The van der Waals surface area contributed by atoms with Gasteiger partial charge in [-0.05, 0) is 40.9 Å². The van der Waals surface area contributed by atoms with Crippen LogP contribution in [-0.4, -0.2) is 36.9 Å². The van der Waals surface area contributed by atoms with E-state index in [2.05, 4.69) is 31.8 Å². The van der Waals surface area contributed by atoms with Gasteiger partial charge in [0.25, 0.3) is 0 Å². The van der Waals surface area contributed by atoms with Crippen molar-refractivity contribution in [3.05, 3.63) is 22.6 Å². The summed E-state index contributed by atoms with van der Waals surface area (Å²) in [5.41, 5.74) is 2.93. The summed E-state index contributed by atoms with van der Waals surface area (Å²) in [7, 11) is 0. The smallest absolute Gasteiger partial charge is 0.307 e. The molecule has 1 aromatic heterocycles. The lowest BCUT2D eigenvalue weighted by Gasteiger charge is -2.27. The third-order valence-electron chi connectivity index (χ3n) is 3.04. The van der Waals surface area contributed by atoms with Gasteiger partial charge < -0.3 is 20.3 Å². The van der Waals surface area contributed by atoms with Gasteiger partial charge in [0.15, 0.2) is 0 Å². The standard InChI is InChI=1S/C12H16BrN3O3/c13-10-2-11(19-7-10)6-16-15-4-8-1-9(12(17)18)5-14-3-8/h2,6-9,14-15H,1,3-5H2,(H,17,18)/b16-6+/t8-,9+/m0/s1. The lowest BCUT2D eigenvalue weighted by atomic mass is 9.91. The number of halogens is 1. The molecule has 2 atom stereocenters. The summed E-state index contributed by atoms with van der Waals surface area (Å²) in [6.07, 6.45) is 3.86. The molecular formula is C12H16BrN3O3. The minimum atomic E-state index is -0.735. The Hall–Kier alpha value is -1.34. The zero-order valence-electron chi connectivity index (χ0n) is 10.3. The molecule has 0 bridgehead atoms. The van der Waals surface area contributed by atoms with Crippen molar-refractivity contribution < 1.29 is 14.3 Å². The number of hydrazone groups is 1. The molecule has 1 saturated heterocycles. The first-order valence-electron chi connectivity index (χ1n) is 6.08. The Balaban J connectivity index is 1.73. The van der Waals surface area contributed by atoms with Crippen molar-refractivity contribution in [3.8, 4) is 0 Å². The second kappa shape index (κ2) is 6.72. The molecule has 2 heterocycles. The van der Waals surface area contributed by atoms with Crippen molar-refractivity contribution in [2.75, 3.05) is 19.6 Å². The fourth-order valence-corrected chi connectivity index (χ4v) is 2.38. The van der Waals surface area contributed by atoms with E-state index in [4.69, 9.17) is 9.52 Å². The number of carboxylic acids is 1. The molecule has 0 spiro atoms. The Labute approximate surface area is 119 Å². The van der Waals surface area contributed by atoms with Gasteiger partial charge in [0.05, 0.1) is 16.6 Å². The number of hydrogen-bond acceptors (Lipinski definition) is 5. The first-order valence-corrected chi connectivity index (χ1v) is 6.88. The summed E-state index contributed by atoms with van der Waals surface area (Å²) in [4.78, 5) is 10.9. The van der Waals surface area contributed by atoms with Crippen LogP contribution in [0.1, 0.15) is 12.2 Å². The Kier molecular flexibility index (Phi) is 4.98. The van der Waals surface area contributed by atoms with E-state index in [0.717, 1.165) is 11.0 Å². The first kappa shape index (κ1) is 14.1. The highest BCUT2D eigenvalue weighted by Crippen LogP contribution is 2.16. The maximum atomic E-state index is 10.9. The highest BCUT2D eigenvalue weighted by Gasteiger charge is 2.26. The number of furan rings is 1. The normalized spacial score (nSPS) is 23.6. The molecule has 1 aromatic rings. The van der Waals surface area contributed by atoms with Crippen LogP contribution in [0.3, 0.4) is 0 Å². The predicted molar refractivity (Wildman–Crippen MR) is 74.1 cm³/mol. The number of carbonyl (C=O) groups is 1. The Morgan fingerprint density at radius 3 is 3.21 bits per heavy atom. The zero-order valence-corrected chi connectivity index (χ0v) is 11.9. The second-order valence-corrected chi connectivity index (χ2v) is 5.50. The molecule has 2 rings (SSSR count). The van der Waals surface area contributed by atoms with Crippen LogP contribution in [-0.2, 0) is 4.79 Å². The highest BCUT2D eigenvalue weighted by atomic mass is 79.9. The predicted octanol–water partition coefficient (Wildman–Crippen LogP) is 1.28. The van der Waals surface area contributed by atoms with Crippen molar-refractivity contribution in [2.24, 2.45) is 16.9 Å². The minimum absolute atomic E-state index is 0.273. The summed E-state index contributed by atoms with van der Waals surface area (Å²) in [6.45, 7) is 2.02. The van der Waals surface area contributed by atoms with E-state index in [9.17, 15) is 4.79 Å². The van der Waals surface area contributed by atoms with E-state index >= 15 is 0 Å². The molecule has 1 aliphatic rings. The van der Waals surface area contributed by atoms with Crippen molar-refractivity contribution in [1.29, 1.82) is 0 Å². The van der Waals surface area contributed by atoms with Gasteiger partial charge in [-0.3, -0.25) is 4.79 Å². The van der Waals surface area contributed by atoms with Crippen LogP contribution in [0.5, 0.6) is 0 Å².